The molecule has 0 aliphatic rings. The van der Waals surface area contributed by atoms with E-state index in [0.717, 1.165) is 0 Å². The maximum atomic E-state index is 11.5. The molecule has 0 fully saturated rings. The molecule has 0 spiro atoms. The Bertz CT molecular complexity index is 456. The van der Waals surface area contributed by atoms with Gasteiger partial charge in [0.1, 0.15) is 0 Å². The van der Waals surface area contributed by atoms with Crippen LogP contribution in [-0.2, 0) is 9.13 Å². The molecular weight excluding hydrogens is 366 g/mol. The van der Waals surface area contributed by atoms with Crippen molar-refractivity contribution in [2.24, 2.45) is 11.0 Å². The summed E-state index contributed by atoms with van der Waals surface area (Å²) >= 11 is 0. The van der Waals surface area contributed by atoms with Gasteiger partial charge in [0.05, 0.1) is 22.5 Å². The average molecular weight is 402 g/mol. The number of aliphatic hydroxyl groups excluding tert-OH is 2. The van der Waals surface area contributed by atoms with Crippen LogP contribution in [0.15, 0.2) is 0 Å². The summed E-state index contributed by atoms with van der Waals surface area (Å²) in [6.45, 7) is 6.40. The molecule has 152 valence electrons. The van der Waals surface area contributed by atoms with E-state index in [4.69, 9.17) is 11.0 Å². The average Bonchev–Trinajstić information content (AvgIpc) is 2.40. The van der Waals surface area contributed by atoms with Crippen molar-refractivity contribution in [2.45, 2.75) is 95.2 Å². The van der Waals surface area contributed by atoms with Crippen LogP contribution in [0, 0.1) is 0 Å². The third-order valence-corrected chi connectivity index (χ3v) is 8.90. The van der Waals surface area contributed by atoms with E-state index >= 15 is 0 Å². The maximum absolute atomic E-state index is 11.5. The van der Waals surface area contributed by atoms with Crippen LogP contribution >= 0.6 is 15.0 Å². The summed E-state index contributed by atoms with van der Waals surface area (Å²) in [5, 5.41) is 18.1. The Kier molecular flexibility index (Phi) is 9.51. The third kappa shape index (κ3) is 9.12. The minimum Gasteiger partial charge on any atom is -0.393 e. The first-order valence-corrected chi connectivity index (χ1v) is 12.0. The van der Waals surface area contributed by atoms with Gasteiger partial charge in [-0.3, -0.25) is 20.1 Å². The van der Waals surface area contributed by atoms with Crippen LogP contribution in [-0.4, -0.2) is 42.5 Å². The molecule has 0 aromatic carbocycles. The Morgan fingerprint density at radius 3 is 1.28 bits per heavy atom. The zero-order valence-electron chi connectivity index (χ0n) is 15.8. The largest absolute Gasteiger partial charge is 0.393 e. The van der Waals surface area contributed by atoms with E-state index in [2.05, 4.69) is 0 Å². The van der Waals surface area contributed by atoms with Gasteiger partial charge in [-0.05, 0) is 72.6 Å². The summed E-state index contributed by atoms with van der Waals surface area (Å²) in [5.74, 6) is 0. The Morgan fingerprint density at radius 2 is 1.04 bits per heavy atom. The molecular formula is C15H36N2O6P2. The highest BCUT2D eigenvalue weighted by Gasteiger charge is 2.36. The quantitative estimate of drug-likeness (QED) is 0.270. The van der Waals surface area contributed by atoms with Crippen LogP contribution < -0.4 is 11.0 Å². The van der Waals surface area contributed by atoms with Gasteiger partial charge in [0.15, 0.2) is 0 Å². The molecule has 0 rings (SSSR count). The highest BCUT2D eigenvalue weighted by atomic mass is 31.2. The van der Waals surface area contributed by atoms with Gasteiger partial charge < -0.3 is 20.0 Å². The number of hydrogen-bond acceptors (Lipinski definition) is 4. The summed E-state index contributed by atoms with van der Waals surface area (Å²) in [6.07, 6.45) is 1.64. The summed E-state index contributed by atoms with van der Waals surface area (Å²) in [4.78, 5) is 18.9. The number of nitrogens with two attached hydrogens (primary N) is 2. The third-order valence-electron chi connectivity index (χ3n) is 4.99. The summed E-state index contributed by atoms with van der Waals surface area (Å²) in [6, 6.07) is 0. The second kappa shape index (κ2) is 9.43. The lowest BCUT2D eigenvalue weighted by atomic mass is 9.97. The van der Waals surface area contributed by atoms with Crippen LogP contribution in [0.4, 0.5) is 0 Å². The zero-order valence-corrected chi connectivity index (χ0v) is 17.5. The molecule has 0 saturated carbocycles. The lowest BCUT2D eigenvalue weighted by Crippen LogP contribution is -2.27. The number of aliphatic hydroxyl groups is 2. The molecule has 8 N–H and O–H groups in total. The second-order valence-corrected chi connectivity index (χ2v) is 13.1. The maximum Gasteiger partial charge on any atom is 0.270 e. The fourth-order valence-corrected chi connectivity index (χ4v) is 3.14. The molecule has 25 heavy (non-hydrogen) atoms. The van der Waals surface area contributed by atoms with Gasteiger partial charge in [0, 0.05) is 0 Å². The molecule has 0 aliphatic heterocycles. The van der Waals surface area contributed by atoms with E-state index in [9.17, 15) is 29.1 Å². The normalized spacial score (nSPS) is 20.6. The molecule has 0 aromatic heterocycles. The molecule has 0 amide bonds. The standard InChI is InChI=1S/C15H36N2O6P2/c1-14(2,24(16,20)21)10-8-12(18)6-5-7-13(19)9-11-15(3,4)25(17,22)23/h12-13,18-19H,5-11H2,1-4H3,(H3,16,20,21)(H3,17,22,23). The van der Waals surface area contributed by atoms with Crippen LogP contribution in [0.25, 0.3) is 0 Å². The van der Waals surface area contributed by atoms with Crippen LogP contribution in [0.5, 0.6) is 0 Å². The van der Waals surface area contributed by atoms with Gasteiger partial charge in [-0.25, -0.2) is 0 Å². The first-order chi connectivity index (χ1) is 11.0. The van der Waals surface area contributed by atoms with E-state index in [1.54, 1.807) is 27.7 Å². The zero-order chi connectivity index (χ0) is 20.1. The van der Waals surface area contributed by atoms with E-state index in [1.807, 2.05) is 0 Å². The van der Waals surface area contributed by atoms with Gasteiger partial charge >= 0.3 is 0 Å². The minimum absolute atomic E-state index is 0.331. The predicted molar refractivity (Wildman–Crippen MR) is 101 cm³/mol. The van der Waals surface area contributed by atoms with E-state index in [1.165, 1.54) is 0 Å². The Hall–Kier alpha value is 0.220. The van der Waals surface area contributed by atoms with Gasteiger partial charge in [0.25, 0.3) is 15.0 Å². The molecule has 10 heteroatoms. The van der Waals surface area contributed by atoms with Crippen molar-refractivity contribution in [3.8, 4) is 0 Å². The van der Waals surface area contributed by atoms with Crippen molar-refractivity contribution in [1.29, 1.82) is 0 Å². The Labute approximate surface area is 151 Å². The highest BCUT2D eigenvalue weighted by Crippen LogP contribution is 2.50. The van der Waals surface area contributed by atoms with Crippen molar-refractivity contribution >= 4 is 15.0 Å². The van der Waals surface area contributed by atoms with Gasteiger partial charge in [-0.15, -0.1) is 0 Å². The SMILES string of the molecule is CC(C)(CCC(O)CCCC(O)CCC(C)(C)P(N)(=O)O)P(N)(=O)O. The van der Waals surface area contributed by atoms with Crippen molar-refractivity contribution in [1.82, 2.24) is 0 Å². The lowest BCUT2D eigenvalue weighted by molar-refractivity contribution is 0.118. The molecule has 0 aliphatic carbocycles. The van der Waals surface area contributed by atoms with Crippen LogP contribution in [0.1, 0.15) is 72.6 Å². The smallest absolute Gasteiger partial charge is 0.270 e. The highest BCUT2D eigenvalue weighted by molar-refractivity contribution is 7.57. The molecule has 4 atom stereocenters. The molecule has 0 radical (unpaired) electrons. The second-order valence-electron chi connectivity index (χ2n) is 8.19. The van der Waals surface area contributed by atoms with E-state index in [-0.39, 0.29) is 0 Å². The van der Waals surface area contributed by atoms with Crippen molar-refractivity contribution < 1.29 is 29.1 Å². The summed E-state index contributed by atoms with van der Waals surface area (Å²) < 4.78 is 23.1. The van der Waals surface area contributed by atoms with Crippen LogP contribution in [0.2, 0.25) is 0 Å². The molecule has 4 unspecified atom stereocenters. The predicted octanol–water partition coefficient (Wildman–Crippen LogP) is 2.28. The monoisotopic (exact) mass is 402 g/mol. The Balaban J connectivity index is 4.11. The molecule has 0 aromatic rings. The summed E-state index contributed by atoms with van der Waals surface area (Å²) in [5.41, 5.74) is 10.6. The fraction of sp³-hybridized carbons (Fsp3) is 1.00. The molecule has 8 nitrogen and oxygen atoms in total. The molecule has 0 heterocycles. The van der Waals surface area contributed by atoms with Crippen molar-refractivity contribution in [3.05, 3.63) is 0 Å². The van der Waals surface area contributed by atoms with E-state index in [0.29, 0.717) is 44.9 Å². The first kappa shape index (κ1) is 25.2. The van der Waals surface area contributed by atoms with Crippen molar-refractivity contribution in [3.63, 3.8) is 0 Å². The molecule has 0 saturated heterocycles. The lowest BCUT2D eigenvalue weighted by Gasteiger charge is -2.28. The van der Waals surface area contributed by atoms with Crippen LogP contribution in [0.3, 0.4) is 0 Å². The van der Waals surface area contributed by atoms with Gasteiger partial charge in [-0.1, -0.05) is 0 Å². The topological polar surface area (TPSA) is 167 Å². The molecule has 0 bridgehead atoms. The minimum atomic E-state index is -3.71. The van der Waals surface area contributed by atoms with E-state index < -0.39 is 37.6 Å². The number of rotatable bonds is 12. The number of hydrogen-bond donors (Lipinski definition) is 6. The fourth-order valence-electron chi connectivity index (χ4n) is 2.24. The van der Waals surface area contributed by atoms with Crippen molar-refractivity contribution in [2.75, 3.05) is 0 Å². The van der Waals surface area contributed by atoms with Gasteiger partial charge in [0.2, 0.25) is 0 Å². The Morgan fingerprint density at radius 1 is 0.760 bits per heavy atom. The first-order valence-electron chi connectivity index (χ1n) is 8.59. The van der Waals surface area contributed by atoms with Gasteiger partial charge in [-0.2, -0.15) is 0 Å². The summed E-state index contributed by atoms with van der Waals surface area (Å²) in [7, 11) is -7.42.